The third-order valence-electron chi connectivity index (χ3n) is 6.98. The summed E-state index contributed by atoms with van der Waals surface area (Å²) >= 11 is 9.75. The molecule has 0 aliphatic carbocycles. The van der Waals surface area contributed by atoms with Crippen LogP contribution in [-0.4, -0.2) is 62.4 Å². The first-order valence-electron chi connectivity index (χ1n) is 15.1. The molecular formula is C34H36BrClN4O9. The Hall–Kier alpha value is -4.79. The minimum absolute atomic E-state index is 0.193. The Morgan fingerprint density at radius 3 is 2.49 bits per heavy atom. The van der Waals surface area contributed by atoms with Crippen molar-refractivity contribution < 1.29 is 43.2 Å². The lowest BCUT2D eigenvalue weighted by atomic mass is 9.95. The van der Waals surface area contributed by atoms with Gasteiger partial charge in [0, 0.05) is 16.3 Å². The Morgan fingerprint density at radius 2 is 1.80 bits per heavy atom. The van der Waals surface area contributed by atoms with E-state index in [-0.39, 0.29) is 18.8 Å². The molecule has 1 heterocycles. The number of ether oxygens (including phenoxy) is 5. The lowest BCUT2D eigenvalue weighted by molar-refractivity contribution is -0.136. The fourth-order valence-corrected chi connectivity index (χ4v) is 5.70. The molecule has 4 N–H and O–H groups in total. The summed E-state index contributed by atoms with van der Waals surface area (Å²) in [6.45, 7) is 5.74. The minimum Gasteiger partial charge on any atom is -0.490 e. The van der Waals surface area contributed by atoms with Crippen LogP contribution >= 0.6 is 27.5 Å². The smallest absolute Gasteiger partial charge is 0.338 e. The van der Waals surface area contributed by atoms with Crippen molar-refractivity contribution in [3.05, 3.63) is 97.6 Å². The van der Waals surface area contributed by atoms with Crippen molar-refractivity contribution in [2.24, 2.45) is 5.10 Å². The molecule has 0 aromatic heterocycles. The normalized spacial score (nSPS) is 14.8. The molecule has 15 heteroatoms. The highest BCUT2D eigenvalue weighted by atomic mass is 79.9. The van der Waals surface area contributed by atoms with Crippen LogP contribution in [0.5, 0.6) is 17.2 Å². The Labute approximate surface area is 296 Å². The lowest BCUT2D eigenvalue weighted by Gasteiger charge is -2.28. The lowest BCUT2D eigenvalue weighted by Crippen LogP contribution is -2.45. The molecule has 0 fully saturated rings. The zero-order valence-corrected chi connectivity index (χ0v) is 29.5. The van der Waals surface area contributed by atoms with Gasteiger partial charge in [0.15, 0.2) is 17.7 Å². The summed E-state index contributed by atoms with van der Waals surface area (Å²) < 4.78 is 28.2. The van der Waals surface area contributed by atoms with E-state index in [9.17, 15) is 19.5 Å². The largest absolute Gasteiger partial charge is 0.490 e. The molecule has 0 bridgehead atoms. The maximum Gasteiger partial charge on any atom is 0.338 e. The number of benzene rings is 3. The number of rotatable bonds is 15. The maximum absolute atomic E-state index is 12.5. The number of aliphatic hydroxyl groups excluding tert-OH is 1. The zero-order chi connectivity index (χ0) is 35.5. The molecular weight excluding hydrogens is 724 g/mol. The highest BCUT2D eigenvalue weighted by molar-refractivity contribution is 9.10. The molecule has 4 rings (SSSR count). The number of hydrogen-bond acceptors (Lipinski definition) is 11. The predicted octanol–water partition coefficient (Wildman–Crippen LogP) is 5.38. The van der Waals surface area contributed by atoms with Crippen LogP contribution in [0.1, 0.15) is 53.9 Å². The molecule has 0 unspecified atom stereocenters. The summed E-state index contributed by atoms with van der Waals surface area (Å²) in [5.41, 5.74) is 5.58. The predicted molar refractivity (Wildman–Crippen MR) is 185 cm³/mol. The van der Waals surface area contributed by atoms with Gasteiger partial charge < -0.3 is 39.4 Å². The Bertz CT molecular complexity index is 1730. The highest BCUT2D eigenvalue weighted by Gasteiger charge is 2.32. The van der Waals surface area contributed by atoms with Gasteiger partial charge in [0.1, 0.15) is 19.0 Å². The number of hydrazone groups is 1. The number of amides is 2. The van der Waals surface area contributed by atoms with Crippen molar-refractivity contribution in [2.75, 3.05) is 26.9 Å². The molecule has 0 radical (unpaired) electrons. The molecule has 2 amide bonds. The van der Waals surface area contributed by atoms with E-state index in [2.05, 4.69) is 37.1 Å². The molecule has 49 heavy (non-hydrogen) atoms. The van der Waals surface area contributed by atoms with Crippen LogP contribution in [0.25, 0.3) is 0 Å². The number of allylic oxidation sites excluding steroid dienone is 1. The molecule has 0 saturated carbocycles. The first-order valence-corrected chi connectivity index (χ1v) is 16.3. The van der Waals surface area contributed by atoms with E-state index in [1.54, 1.807) is 75.4 Å². The molecule has 1 aliphatic heterocycles. The Morgan fingerprint density at radius 1 is 1.04 bits per heavy atom. The average molecular weight is 760 g/mol. The second-order valence-electron chi connectivity index (χ2n) is 10.4. The Kier molecular flexibility index (Phi) is 13.3. The summed E-state index contributed by atoms with van der Waals surface area (Å²) in [4.78, 5) is 36.6. The molecule has 2 atom stereocenters. The van der Waals surface area contributed by atoms with Crippen molar-refractivity contribution in [3.8, 4) is 17.2 Å². The van der Waals surface area contributed by atoms with E-state index in [1.807, 2.05) is 0 Å². The molecule has 0 spiro atoms. The zero-order valence-electron chi connectivity index (χ0n) is 27.2. The number of esters is 2. The van der Waals surface area contributed by atoms with Gasteiger partial charge >= 0.3 is 18.0 Å². The number of halogens is 2. The summed E-state index contributed by atoms with van der Waals surface area (Å²) in [7, 11) is 1.26. The van der Waals surface area contributed by atoms with Gasteiger partial charge in [0.05, 0.1) is 48.2 Å². The standard InChI is InChI=1S/C34H36BrClN4O9/c1-5-46-27-14-22(30-29(33(43)45-4)19(3)38-34(44)39-30)11-12-26(27)48-18-28(41)40-37-16-23-13-24(36)15-25(35)31(23)49-17-20-7-9-21(10-8-20)32(42)47-6-2/h7-16,28,30,40-41H,5-6,17-18H2,1-4H3,(H2,38,39,44)/b37-16+/t28-,30-/m1/s1. The minimum atomic E-state index is -1.23. The third kappa shape index (κ3) is 9.87. The number of carbonyl (C=O) groups excluding carboxylic acids is 3. The number of nitrogens with one attached hydrogen (secondary N) is 3. The van der Waals surface area contributed by atoms with E-state index >= 15 is 0 Å². The molecule has 3 aromatic rings. The Balaban J connectivity index is 1.40. The fourth-order valence-electron chi connectivity index (χ4n) is 4.75. The van der Waals surface area contributed by atoms with Gasteiger partial charge in [0.25, 0.3) is 0 Å². The second kappa shape index (κ2) is 17.6. The van der Waals surface area contributed by atoms with E-state index < -0.39 is 30.2 Å². The van der Waals surface area contributed by atoms with Crippen molar-refractivity contribution in [3.63, 3.8) is 0 Å². The fraction of sp³-hybridized carbons (Fsp3) is 0.294. The number of nitrogens with zero attached hydrogens (tertiary/aromatic N) is 1. The van der Waals surface area contributed by atoms with Gasteiger partial charge in [-0.25, -0.2) is 14.4 Å². The van der Waals surface area contributed by atoms with E-state index in [4.69, 9.17) is 35.3 Å². The van der Waals surface area contributed by atoms with Crippen molar-refractivity contribution >= 4 is 51.7 Å². The molecule has 1 aliphatic rings. The van der Waals surface area contributed by atoms with Gasteiger partial charge in [-0.15, -0.1) is 0 Å². The SMILES string of the molecule is CCOC(=O)c1ccc(COc2c(Br)cc(Cl)cc2/C=N/N[C@H](O)COc2ccc([C@H]3NC(=O)NC(C)=C3C(=O)OC)cc2OCC)cc1. The number of carbonyl (C=O) groups is 3. The van der Waals surface area contributed by atoms with Crippen molar-refractivity contribution in [2.45, 2.75) is 39.6 Å². The van der Waals surface area contributed by atoms with Crippen molar-refractivity contribution in [1.29, 1.82) is 0 Å². The number of urea groups is 1. The van der Waals surface area contributed by atoms with Crippen LogP contribution in [0, 0.1) is 0 Å². The first kappa shape index (κ1) is 37.0. The van der Waals surface area contributed by atoms with E-state index in [0.29, 0.717) is 62.3 Å². The van der Waals surface area contributed by atoms with Gasteiger partial charge in [0.2, 0.25) is 0 Å². The first-order chi connectivity index (χ1) is 23.5. The quantitative estimate of drug-likeness (QED) is 0.0685. The average Bonchev–Trinajstić information content (AvgIpc) is 3.07. The summed E-state index contributed by atoms with van der Waals surface area (Å²) in [5.74, 6) is 0.136. The third-order valence-corrected chi connectivity index (χ3v) is 7.79. The molecule has 0 saturated heterocycles. The van der Waals surface area contributed by atoms with Crippen molar-refractivity contribution in [1.82, 2.24) is 16.1 Å². The molecule has 3 aromatic carbocycles. The van der Waals surface area contributed by atoms with Gasteiger partial charge in [-0.1, -0.05) is 29.8 Å². The second-order valence-corrected chi connectivity index (χ2v) is 11.7. The van der Waals surface area contributed by atoms with Gasteiger partial charge in [-0.2, -0.15) is 5.10 Å². The number of hydrogen-bond donors (Lipinski definition) is 4. The maximum atomic E-state index is 12.5. The molecule has 260 valence electrons. The van der Waals surface area contributed by atoms with Crippen LogP contribution in [0.3, 0.4) is 0 Å². The number of methoxy groups -OCH3 is 1. The van der Waals surface area contributed by atoms with Crippen LogP contribution in [0.2, 0.25) is 5.02 Å². The highest BCUT2D eigenvalue weighted by Crippen LogP contribution is 2.35. The van der Waals surface area contributed by atoms with Gasteiger partial charge in [-0.05, 0) is 84.2 Å². The summed E-state index contributed by atoms with van der Waals surface area (Å²) in [6.07, 6.45) is 0.219. The monoisotopic (exact) mass is 758 g/mol. The van der Waals surface area contributed by atoms with Crippen LogP contribution in [-0.2, 0) is 20.9 Å². The topological polar surface area (TPSA) is 166 Å². The summed E-state index contributed by atoms with van der Waals surface area (Å²) in [5, 5.41) is 20.5. The van der Waals surface area contributed by atoms with Gasteiger partial charge in [-0.3, -0.25) is 5.43 Å². The summed E-state index contributed by atoms with van der Waals surface area (Å²) in [6, 6.07) is 13.9. The van der Waals surface area contributed by atoms with Crippen LogP contribution < -0.4 is 30.3 Å². The molecule has 13 nitrogen and oxygen atoms in total. The van der Waals surface area contributed by atoms with Crippen LogP contribution in [0.4, 0.5) is 4.79 Å². The van der Waals surface area contributed by atoms with E-state index in [1.165, 1.54) is 13.3 Å². The van der Waals surface area contributed by atoms with Crippen LogP contribution in [0.15, 0.2) is 75.4 Å². The van der Waals surface area contributed by atoms with E-state index in [0.717, 1.165) is 5.56 Å². The number of aliphatic hydroxyl groups is 1.